The summed E-state index contributed by atoms with van der Waals surface area (Å²) in [4.78, 5) is 9.22. The van der Waals surface area contributed by atoms with E-state index in [1.165, 1.54) is 80.0 Å². The number of benzene rings is 2. The number of hydrogen-bond acceptors (Lipinski definition) is 2. The van der Waals surface area contributed by atoms with Gasteiger partial charge in [0.25, 0.3) is 0 Å². The molecule has 2 nitrogen and oxygen atoms in total. The fourth-order valence-electron chi connectivity index (χ4n) is 4.58. The molecule has 3 aromatic rings. The summed E-state index contributed by atoms with van der Waals surface area (Å²) in [6.07, 6.45) is 17.1. The zero-order valence-corrected chi connectivity index (χ0v) is 18.3. The van der Waals surface area contributed by atoms with E-state index in [0.717, 1.165) is 23.7 Å². The number of unbranched alkanes of at least 4 members (excludes halogenated alkanes) is 4. The molecule has 1 fully saturated rings. The number of hydrogen-bond donors (Lipinski definition) is 0. The Hall–Kier alpha value is -2.48. The highest BCUT2D eigenvalue weighted by Gasteiger charge is 2.16. The molecule has 1 aromatic heterocycles. The maximum absolute atomic E-state index is 4.61. The molecule has 0 spiro atoms. The highest BCUT2D eigenvalue weighted by molar-refractivity contribution is 5.68. The number of aromatic nitrogens is 2. The summed E-state index contributed by atoms with van der Waals surface area (Å²) in [7, 11) is 0. The molecule has 0 bridgehead atoms. The monoisotopic (exact) mass is 398 g/mol. The molecule has 0 atom stereocenters. The minimum absolute atomic E-state index is 0.776. The summed E-state index contributed by atoms with van der Waals surface area (Å²) in [5.74, 6) is 1.59. The molecule has 2 heteroatoms. The Bertz CT molecular complexity index is 889. The SMILES string of the molecule is CCCCCCCc1cnc(-c2ccc(-c3ccc(C4CCCC4)cc3)cc2)nc1. The first-order chi connectivity index (χ1) is 14.8. The standard InChI is InChI=1S/C28H34N2/c1-2-3-4-5-6-9-22-20-29-28(30-21-22)27-18-16-26(17-19-27)25-14-12-24(13-15-25)23-10-7-8-11-23/h12-21,23H,2-11H2,1H3. The summed E-state index contributed by atoms with van der Waals surface area (Å²) in [6.45, 7) is 2.26. The molecule has 1 aliphatic rings. The smallest absolute Gasteiger partial charge is 0.159 e. The van der Waals surface area contributed by atoms with Gasteiger partial charge in [-0.25, -0.2) is 9.97 Å². The lowest BCUT2D eigenvalue weighted by molar-refractivity contribution is 0.631. The molecule has 30 heavy (non-hydrogen) atoms. The van der Waals surface area contributed by atoms with Crippen molar-refractivity contribution in [2.24, 2.45) is 0 Å². The van der Waals surface area contributed by atoms with Gasteiger partial charge in [-0.15, -0.1) is 0 Å². The largest absolute Gasteiger partial charge is 0.236 e. The highest BCUT2D eigenvalue weighted by Crippen LogP contribution is 2.35. The van der Waals surface area contributed by atoms with Crippen molar-refractivity contribution in [1.82, 2.24) is 9.97 Å². The highest BCUT2D eigenvalue weighted by atomic mass is 14.9. The maximum Gasteiger partial charge on any atom is 0.159 e. The lowest BCUT2D eigenvalue weighted by Gasteiger charge is -2.10. The minimum Gasteiger partial charge on any atom is -0.236 e. The maximum atomic E-state index is 4.61. The lowest BCUT2D eigenvalue weighted by Crippen LogP contribution is -1.93. The average molecular weight is 399 g/mol. The lowest BCUT2D eigenvalue weighted by atomic mass is 9.95. The van der Waals surface area contributed by atoms with Gasteiger partial charge in [-0.1, -0.05) is 94.0 Å². The molecule has 0 unspecified atom stereocenters. The predicted octanol–water partition coefficient (Wildman–Crippen LogP) is 7.98. The van der Waals surface area contributed by atoms with Crippen molar-refractivity contribution in [2.75, 3.05) is 0 Å². The molecule has 156 valence electrons. The molecule has 0 amide bonds. The molecule has 0 radical (unpaired) electrons. The second kappa shape index (κ2) is 10.5. The van der Waals surface area contributed by atoms with E-state index in [-0.39, 0.29) is 0 Å². The van der Waals surface area contributed by atoms with Gasteiger partial charge in [0, 0.05) is 18.0 Å². The van der Waals surface area contributed by atoms with Gasteiger partial charge in [0.15, 0.2) is 5.82 Å². The van der Waals surface area contributed by atoms with Crippen LogP contribution >= 0.6 is 0 Å². The Balaban J connectivity index is 1.36. The van der Waals surface area contributed by atoms with E-state index < -0.39 is 0 Å². The summed E-state index contributed by atoms with van der Waals surface area (Å²) in [5, 5.41) is 0. The van der Waals surface area contributed by atoms with E-state index in [2.05, 4.69) is 65.4 Å². The van der Waals surface area contributed by atoms with Crippen molar-refractivity contribution >= 4 is 0 Å². The van der Waals surface area contributed by atoms with Gasteiger partial charge < -0.3 is 0 Å². The summed E-state index contributed by atoms with van der Waals surface area (Å²) >= 11 is 0. The van der Waals surface area contributed by atoms with Crippen molar-refractivity contribution in [1.29, 1.82) is 0 Å². The van der Waals surface area contributed by atoms with Crippen molar-refractivity contribution in [3.63, 3.8) is 0 Å². The van der Waals surface area contributed by atoms with Crippen LogP contribution in [-0.4, -0.2) is 9.97 Å². The van der Waals surface area contributed by atoms with Crippen LogP contribution in [-0.2, 0) is 6.42 Å². The van der Waals surface area contributed by atoms with Gasteiger partial charge >= 0.3 is 0 Å². The zero-order valence-electron chi connectivity index (χ0n) is 18.3. The topological polar surface area (TPSA) is 25.8 Å². The molecule has 1 heterocycles. The summed E-state index contributed by atoms with van der Waals surface area (Å²) in [5.41, 5.74) is 6.36. The molecule has 0 aliphatic heterocycles. The number of nitrogens with zero attached hydrogens (tertiary/aromatic N) is 2. The Morgan fingerprint density at radius 2 is 1.27 bits per heavy atom. The third kappa shape index (κ3) is 5.36. The van der Waals surface area contributed by atoms with Gasteiger partial charge in [0.2, 0.25) is 0 Å². The molecule has 0 saturated heterocycles. The number of rotatable bonds is 9. The van der Waals surface area contributed by atoms with E-state index in [1.807, 2.05) is 12.4 Å². The van der Waals surface area contributed by atoms with Crippen LogP contribution in [0.5, 0.6) is 0 Å². The van der Waals surface area contributed by atoms with Crippen molar-refractivity contribution in [3.8, 4) is 22.5 Å². The van der Waals surface area contributed by atoms with Gasteiger partial charge in [0.05, 0.1) is 0 Å². The predicted molar refractivity (Wildman–Crippen MR) is 127 cm³/mol. The summed E-state index contributed by atoms with van der Waals surface area (Å²) in [6, 6.07) is 17.8. The van der Waals surface area contributed by atoms with Gasteiger partial charge in [-0.3, -0.25) is 0 Å². The van der Waals surface area contributed by atoms with Crippen LogP contribution in [0.2, 0.25) is 0 Å². The molecular weight excluding hydrogens is 364 g/mol. The van der Waals surface area contributed by atoms with Crippen LogP contribution in [0.15, 0.2) is 60.9 Å². The Kier molecular flexibility index (Phi) is 7.29. The Labute approximate surface area is 181 Å². The molecule has 0 N–H and O–H groups in total. The minimum atomic E-state index is 0.776. The fourth-order valence-corrected chi connectivity index (χ4v) is 4.58. The number of aryl methyl sites for hydroxylation is 1. The van der Waals surface area contributed by atoms with E-state index in [9.17, 15) is 0 Å². The summed E-state index contributed by atoms with van der Waals surface area (Å²) < 4.78 is 0. The van der Waals surface area contributed by atoms with E-state index in [4.69, 9.17) is 0 Å². The van der Waals surface area contributed by atoms with E-state index >= 15 is 0 Å². The van der Waals surface area contributed by atoms with Gasteiger partial charge in [-0.05, 0) is 53.9 Å². The fraction of sp³-hybridized carbons (Fsp3) is 0.429. The van der Waals surface area contributed by atoms with Crippen molar-refractivity contribution < 1.29 is 0 Å². The molecule has 4 rings (SSSR count). The Morgan fingerprint density at radius 3 is 1.90 bits per heavy atom. The average Bonchev–Trinajstić information content (AvgIpc) is 3.35. The normalized spacial score (nSPS) is 14.3. The first-order valence-corrected chi connectivity index (χ1v) is 11.8. The van der Waals surface area contributed by atoms with Gasteiger partial charge in [0.1, 0.15) is 0 Å². The van der Waals surface area contributed by atoms with Crippen molar-refractivity contribution in [3.05, 3.63) is 72.1 Å². The molecular formula is C28H34N2. The second-order valence-corrected chi connectivity index (χ2v) is 8.76. The Morgan fingerprint density at radius 1 is 0.700 bits per heavy atom. The van der Waals surface area contributed by atoms with Crippen molar-refractivity contribution in [2.45, 2.75) is 77.0 Å². The van der Waals surface area contributed by atoms with Gasteiger partial charge in [-0.2, -0.15) is 0 Å². The van der Waals surface area contributed by atoms with Crippen LogP contribution in [0.1, 0.15) is 81.8 Å². The first kappa shape index (κ1) is 20.8. The molecule has 1 aliphatic carbocycles. The third-order valence-corrected chi connectivity index (χ3v) is 6.49. The van der Waals surface area contributed by atoms with Crippen LogP contribution in [0, 0.1) is 0 Å². The van der Waals surface area contributed by atoms with Crippen LogP contribution in [0.4, 0.5) is 0 Å². The van der Waals surface area contributed by atoms with E-state index in [0.29, 0.717) is 0 Å². The quantitative estimate of drug-likeness (QED) is 0.341. The second-order valence-electron chi connectivity index (χ2n) is 8.76. The van der Waals surface area contributed by atoms with E-state index in [1.54, 1.807) is 0 Å². The molecule has 2 aromatic carbocycles. The zero-order chi connectivity index (χ0) is 20.6. The molecule has 1 saturated carbocycles. The third-order valence-electron chi connectivity index (χ3n) is 6.49. The first-order valence-electron chi connectivity index (χ1n) is 11.8. The van der Waals surface area contributed by atoms with Crippen LogP contribution in [0.25, 0.3) is 22.5 Å². The van der Waals surface area contributed by atoms with Crippen LogP contribution < -0.4 is 0 Å². The van der Waals surface area contributed by atoms with Crippen LogP contribution in [0.3, 0.4) is 0 Å².